The van der Waals surface area contributed by atoms with Gasteiger partial charge in [-0.05, 0) is 6.26 Å². The van der Waals surface area contributed by atoms with Gasteiger partial charge in [-0.3, -0.25) is 0 Å². The number of imidazole rings is 1. The second-order valence-corrected chi connectivity index (χ2v) is 6.21. The highest BCUT2D eigenvalue weighted by Gasteiger charge is 2.46. The summed E-state index contributed by atoms with van der Waals surface area (Å²) < 4.78 is 1.69. The van der Waals surface area contributed by atoms with Crippen molar-refractivity contribution >= 4 is 28.7 Å². The molecule has 3 rings (SSSR count). The molecular weight excluding hydrogens is 292 g/mol. The monoisotopic (exact) mass is 310 g/mol. The lowest BCUT2D eigenvalue weighted by Gasteiger charge is -2.27. The second-order valence-electron chi connectivity index (χ2n) is 5.29. The minimum Gasteiger partial charge on any atom is -0.388 e. The summed E-state index contributed by atoms with van der Waals surface area (Å²) in [4.78, 5) is 12.2. The fourth-order valence-electron chi connectivity index (χ4n) is 2.69. The molecule has 1 aliphatic heterocycles. The molecule has 0 amide bonds. The minimum absolute atomic E-state index is 0.125. The summed E-state index contributed by atoms with van der Waals surface area (Å²) in [6.45, 7) is 0.513. The van der Waals surface area contributed by atoms with E-state index in [9.17, 15) is 10.2 Å². The van der Waals surface area contributed by atoms with Crippen LogP contribution in [-0.2, 0) is 6.54 Å². The molecule has 0 saturated carbocycles. The average molecular weight is 310 g/mol. The van der Waals surface area contributed by atoms with E-state index in [2.05, 4.69) is 20.3 Å². The molecule has 1 saturated heterocycles. The molecule has 0 unspecified atom stereocenters. The minimum atomic E-state index is -1.26. The normalized spacial score (nSPS) is 29.3. The van der Waals surface area contributed by atoms with Crippen LogP contribution in [0.3, 0.4) is 0 Å². The van der Waals surface area contributed by atoms with E-state index in [0.29, 0.717) is 23.5 Å². The van der Waals surface area contributed by atoms with Crippen molar-refractivity contribution in [3.63, 3.8) is 0 Å². The zero-order valence-electron chi connectivity index (χ0n) is 11.6. The Morgan fingerprint density at radius 2 is 2.33 bits per heavy atom. The van der Waals surface area contributed by atoms with Crippen LogP contribution in [0.25, 0.3) is 11.2 Å². The topological polar surface area (TPSA) is 122 Å². The van der Waals surface area contributed by atoms with E-state index >= 15 is 0 Å². The van der Waals surface area contributed by atoms with Crippen LogP contribution in [0.15, 0.2) is 12.7 Å². The predicted molar refractivity (Wildman–Crippen MR) is 80.9 cm³/mol. The van der Waals surface area contributed by atoms with Gasteiger partial charge in [-0.15, -0.1) is 0 Å². The second kappa shape index (κ2) is 5.41. The molecule has 9 heteroatoms. The molecule has 1 fully saturated rings. The van der Waals surface area contributed by atoms with Crippen LogP contribution < -0.4 is 11.1 Å². The van der Waals surface area contributed by atoms with Gasteiger partial charge in [0, 0.05) is 18.3 Å². The first-order chi connectivity index (χ1) is 10.0. The SMILES string of the molecule is CSC[C@H]1NC[C@@](O)(Cn2cnc3c(N)ncnc32)[C@@H]1O. The molecule has 0 aliphatic carbocycles. The van der Waals surface area contributed by atoms with Crippen LogP contribution >= 0.6 is 11.8 Å². The van der Waals surface area contributed by atoms with E-state index < -0.39 is 11.7 Å². The molecule has 21 heavy (non-hydrogen) atoms. The molecule has 2 aromatic rings. The maximum Gasteiger partial charge on any atom is 0.165 e. The maximum absolute atomic E-state index is 10.7. The highest BCUT2D eigenvalue weighted by atomic mass is 32.2. The average Bonchev–Trinajstić information content (AvgIpc) is 2.98. The van der Waals surface area contributed by atoms with Gasteiger partial charge in [0.1, 0.15) is 23.5 Å². The smallest absolute Gasteiger partial charge is 0.165 e. The number of β-amino-alcohol motifs (C(OH)–C–C–N with tert-alkyl or cyclic N) is 1. The molecule has 8 nitrogen and oxygen atoms in total. The van der Waals surface area contributed by atoms with E-state index in [1.54, 1.807) is 22.7 Å². The Bertz CT molecular complexity index is 650. The molecular formula is C12H18N6O2S. The molecule has 0 aromatic carbocycles. The van der Waals surface area contributed by atoms with Crippen molar-refractivity contribution in [2.45, 2.75) is 24.3 Å². The lowest BCUT2D eigenvalue weighted by atomic mass is 9.97. The summed E-state index contributed by atoms with van der Waals surface area (Å²) in [6.07, 6.45) is 4.04. The van der Waals surface area contributed by atoms with Crippen LogP contribution in [-0.4, -0.2) is 66.0 Å². The number of nitrogens with one attached hydrogen (secondary N) is 1. The van der Waals surface area contributed by atoms with Gasteiger partial charge in [-0.1, -0.05) is 0 Å². The van der Waals surface area contributed by atoms with Gasteiger partial charge in [-0.2, -0.15) is 11.8 Å². The number of nitrogen functional groups attached to an aromatic ring is 1. The lowest BCUT2D eigenvalue weighted by Crippen LogP contribution is -2.47. The van der Waals surface area contributed by atoms with Gasteiger partial charge in [0.05, 0.1) is 12.9 Å². The maximum atomic E-state index is 10.7. The van der Waals surface area contributed by atoms with E-state index in [0.717, 1.165) is 5.75 Å². The summed E-state index contributed by atoms with van der Waals surface area (Å²) in [5, 5.41) is 24.2. The number of nitrogens with two attached hydrogens (primary N) is 1. The third-order valence-corrected chi connectivity index (χ3v) is 4.51. The Morgan fingerprint density at radius 1 is 1.52 bits per heavy atom. The fourth-order valence-corrected chi connectivity index (χ4v) is 3.35. The first kappa shape index (κ1) is 14.5. The number of nitrogens with zero attached hydrogens (tertiary/aromatic N) is 4. The van der Waals surface area contributed by atoms with Crippen LogP contribution in [0.2, 0.25) is 0 Å². The number of rotatable bonds is 4. The van der Waals surface area contributed by atoms with Crippen LogP contribution in [0.4, 0.5) is 5.82 Å². The van der Waals surface area contributed by atoms with Gasteiger partial charge >= 0.3 is 0 Å². The Morgan fingerprint density at radius 3 is 3.10 bits per heavy atom. The lowest BCUT2D eigenvalue weighted by molar-refractivity contribution is -0.0579. The predicted octanol–water partition coefficient (Wildman–Crippen LogP) is -1.16. The summed E-state index contributed by atoms with van der Waals surface area (Å²) >= 11 is 1.63. The van der Waals surface area contributed by atoms with Crippen LogP contribution in [0.5, 0.6) is 0 Å². The summed E-state index contributed by atoms with van der Waals surface area (Å²) in [7, 11) is 0. The fraction of sp³-hybridized carbons (Fsp3) is 0.583. The molecule has 5 N–H and O–H groups in total. The molecule has 3 heterocycles. The standard InChI is InChI=1S/C12H18N6O2S/c1-21-2-7-9(19)12(20,3-14-7)4-18-6-17-8-10(13)15-5-16-11(8)18/h5-7,9,14,19-20H,2-4H2,1H3,(H2,13,15,16)/t7-,9-,12-/m1/s1. The quantitative estimate of drug-likeness (QED) is 0.557. The van der Waals surface area contributed by atoms with E-state index in [-0.39, 0.29) is 12.6 Å². The highest BCUT2D eigenvalue weighted by Crippen LogP contribution is 2.25. The Balaban J connectivity index is 1.87. The third-order valence-electron chi connectivity index (χ3n) is 3.82. The number of aliphatic hydroxyl groups is 2. The van der Waals surface area contributed by atoms with Gasteiger partial charge in [-0.25, -0.2) is 15.0 Å². The van der Waals surface area contributed by atoms with Gasteiger partial charge in [0.15, 0.2) is 11.5 Å². The summed E-state index contributed by atoms with van der Waals surface area (Å²) in [5.41, 5.74) is 5.54. The van der Waals surface area contributed by atoms with Crippen molar-refractivity contribution in [3.05, 3.63) is 12.7 Å². The van der Waals surface area contributed by atoms with Crippen molar-refractivity contribution in [2.75, 3.05) is 24.3 Å². The number of aliphatic hydroxyl groups excluding tert-OH is 1. The summed E-state index contributed by atoms with van der Waals surface area (Å²) in [5.74, 6) is 1.04. The van der Waals surface area contributed by atoms with Gasteiger partial charge in [0.2, 0.25) is 0 Å². The molecule has 0 radical (unpaired) electrons. The zero-order chi connectivity index (χ0) is 15.0. The number of hydrogen-bond donors (Lipinski definition) is 4. The van der Waals surface area contributed by atoms with Crippen molar-refractivity contribution in [2.24, 2.45) is 0 Å². The number of thioether (sulfide) groups is 1. The molecule has 2 aromatic heterocycles. The van der Waals surface area contributed by atoms with E-state index in [1.165, 1.54) is 6.33 Å². The summed E-state index contributed by atoms with van der Waals surface area (Å²) in [6, 6.07) is -0.125. The van der Waals surface area contributed by atoms with Gasteiger partial charge in [0.25, 0.3) is 0 Å². The Labute approximate surface area is 125 Å². The zero-order valence-corrected chi connectivity index (χ0v) is 12.4. The number of anilines is 1. The van der Waals surface area contributed by atoms with E-state index in [1.807, 2.05) is 6.26 Å². The first-order valence-corrected chi connectivity index (χ1v) is 7.98. The van der Waals surface area contributed by atoms with Crippen molar-refractivity contribution in [1.82, 2.24) is 24.8 Å². The molecule has 0 bridgehead atoms. The van der Waals surface area contributed by atoms with Gasteiger partial charge < -0.3 is 25.8 Å². The van der Waals surface area contributed by atoms with Crippen molar-refractivity contribution < 1.29 is 10.2 Å². The highest BCUT2D eigenvalue weighted by molar-refractivity contribution is 7.98. The number of fused-ring (bicyclic) bond motifs is 1. The third kappa shape index (κ3) is 2.46. The Hall–Kier alpha value is -1.42. The van der Waals surface area contributed by atoms with Crippen molar-refractivity contribution in [1.29, 1.82) is 0 Å². The molecule has 114 valence electrons. The molecule has 0 spiro atoms. The largest absolute Gasteiger partial charge is 0.388 e. The molecule has 3 atom stereocenters. The van der Waals surface area contributed by atoms with Crippen molar-refractivity contribution in [3.8, 4) is 0 Å². The molecule has 1 aliphatic rings. The van der Waals surface area contributed by atoms with E-state index in [4.69, 9.17) is 5.73 Å². The number of aromatic nitrogens is 4. The van der Waals surface area contributed by atoms with Crippen LogP contribution in [0, 0.1) is 0 Å². The first-order valence-electron chi connectivity index (χ1n) is 6.59. The Kier molecular flexibility index (Phi) is 3.74. The van der Waals surface area contributed by atoms with Crippen LogP contribution in [0.1, 0.15) is 0 Å². The number of hydrogen-bond acceptors (Lipinski definition) is 8.